The van der Waals surface area contributed by atoms with Gasteiger partial charge < -0.3 is 13.9 Å². The van der Waals surface area contributed by atoms with Crippen molar-refractivity contribution in [2.45, 2.75) is 89.3 Å². The number of anilines is 1. The van der Waals surface area contributed by atoms with Crippen LogP contribution in [0, 0.1) is 5.41 Å². The summed E-state index contributed by atoms with van der Waals surface area (Å²) in [6, 6.07) is 0.450. The molecule has 0 spiro atoms. The highest BCUT2D eigenvalue weighted by atomic mass is 19.4. The van der Waals surface area contributed by atoms with Crippen LogP contribution in [0.2, 0.25) is 0 Å². The zero-order chi connectivity index (χ0) is 35.5. The van der Waals surface area contributed by atoms with Crippen molar-refractivity contribution in [2.24, 2.45) is 5.41 Å². The normalized spacial score (nSPS) is 17.2. The first-order valence-corrected chi connectivity index (χ1v) is 15.2. The lowest BCUT2D eigenvalue weighted by atomic mass is 9.90. The van der Waals surface area contributed by atoms with E-state index in [-0.39, 0.29) is 6.42 Å². The van der Waals surface area contributed by atoms with Crippen LogP contribution >= 0.6 is 0 Å². The smallest absolute Gasteiger partial charge is 0.426 e. The molecule has 0 aliphatic heterocycles. The third-order valence-corrected chi connectivity index (χ3v) is 7.76. The maximum atomic E-state index is 14.8. The van der Waals surface area contributed by atoms with Crippen LogP contribution in [-0.2, 0) is 21.3 Å². The Bertz CT molecular complexity index is 1620. The summed E-state index contributed by atoms with van der Waals surface area (Å²) in [4.78, 5) is 30.4. The van der Waals surface area contributed by atoms with Gasteiger partial charge in [-0.3, -0.25) is 10.1 Å². The van der Waals surface area contributed by atoms with Gasteiger partial charge in [0.15, 0.2) is 11.5 Å². The van der Waals surface area contributed by atoms with Crippen LogP contribution in [0.15, 0.2) is 59.6 Å². The van der Waals surface area contributed by atoms with Crippen LogP contribution in [0.5, 0.6) is 0 Å². The first-order chi connectivity index (χ1) is 22.4. The Labute approximate surface area is 273 Å². The largest absolute Gasteiger partial charge is 0.444 e. The molecule has 1 unspecified atom stereocenters. The molecule has 4 rings (SSSR count). The molecule has 2 aliphatic carbocycles. The molecule has 0 saturated heterocycles. The van der Waals surface area contributed by atoms with E-state index in [1.54, 1.807) is 18.2 Å². The summed E-state index contributed by atoms with van der Waals surface area (Å²) in [6.07, 6.45) is -2.26. The average molecular weight is 683 g/mol. The highest BCUT2D eigenvalue weighted by Crippen LogP contribution is 2.53. The second-order valence-electron chi connectivity index (χ2n) is 12.6. The van der Waals surface area contributed by atoms with E-state index in [4.69, 9.17) is 13.9 Å². The fourth-order valence-electron chi connectivity index (χ4n) is 5.14. The molecule has 2 aromatic rings. The minimum atomic E-state index is -5.14. The number of hydrogen-bond acceptors (Lipinski definition) is 8. The summed E-state index contributed by atoms with van der Waals surface area (Å²) in [5.41, 5.74) is -8.81. The molecule has 2 heterocycles. The Kier molecular flexibility index (Phi) is 10.4. The van der Waals surface area contributed by atoms with Crippen molar-refractivity contribution in [3.05, 3.63) is 72.3 Å². The Morgan fingerprint density at radius 1 is 1.06 bits per heavy atom. The number of amides is 1. The van der Waals surface area contributed by atoms with E-state index >= 15 is 0 Å². The number of hydrogen-bond donors (Lipinski definition) is 1. The molecule has 260 valence electrons. The van der Waals surface area contributed by atoms with E-state index in [9.17, 15) is 35.9 Å². The molecule has 15 heteroatoms. The molecule has 1 fully saturated rings. The van der Waals surface area contributed by atoms with Crippen molar-refractivity contribution in [3.8, 4) is 11.6 Å². The van der Waals surface area contributed by atoms with Gasteiger partial charge in [0.25, 0.3) is 11.8 Å². The summed E-state index contributed by atoms with van der Waals surface area (Å²) in [5, 5.41) is 9.42. The topological polar surface area (TPSA) is 116 Å². The van der Waals surface area contributed by atoms with Gasteiger partial charge in [-0.1, -0.05) is 30.4 Å². The summed E-state index contributed by atoms with van der Waals surface area (Å²) in [7, 11) is 0. The van der Waals surface area contributed by atoms with Gasteiger partial charge in [-0.2, -0.15) is 26.3 Å². The van der Waals surface area contributed by atoms with Gasteiger partial charge in [-0.15, -0.1) is 23.4 Å². The Morgan fingerprint density at radius 2 is 1.77 bits per heavy atom. The number of allylic oxidation sites excluding steroid dienone is 3. The third kappa shape index (κ3) is 8.05. The second-order valence-corrected chi connectivity index (χ2v) is 12.6. The van der Waals surface area contributed by atoms with Crippen LogP contribution in [0.4, 0.5) is 36.8 Å². The summed E-state index contributed by atoms with van der Waals surface area (Å²) >= 11 is 0. The van der Waals surface area contributed by atoms with Crippen molar-refractivity contribution in [1.82, 2.24) is 15.2 Å². The first-order valence-electron chi connectivity index (χ1n) is 15.2. The third-order valence-electron chi connectivity index (χ3n) is 7.76. The number of rotatable bonds is 13. The molecule has 0 aromatic carbocycles. The standard InChI is InChI=1S/C33H36F6N4O5/c1-6-8-15-30(16-17-30)25(44)23-21(32(34,35)36)18-22(40-28(45)48-29(3,4)5)24(41-23)26-42-43-27(47-26)31(14-7-2,33(37,38)39)46-19-20-12-10-9-11-13-20/h6-7,10,12-13,18H,1-2,8-9,11,14-17,19H2,3-5H3,(H,40,45). The average Bonchev–Trinajstić information content (AvgIpc) is 3.62. The van der Waals surface area contributed by atoms with Gasteiger partial charge in [-0.05, 0) is 70.9 Å². The maximum Gasteiger partial charge on any atom is 0.426 e. The van der Waals surface area contributed by atoms with Gasteiger partial charge in [0.05, 0.1) is 17.9 Å². The number of alkyl halides is 6. The van der Waals surface area contributed by atoms with E-state index in [0.29, 0.717) is 43.7 Å². The quantitative estimate of drug-likeness (QED) is 0.126. The molecule has 2 aromatic heterocycles. The minimum absolute atomic E-state index is 0.213. The molecule has 48 heavy (non-hydrogen) atoms. The van der Waals surface area contributed by atoms with Crippen LogP contribution < -0.4 is 5.32 Å². The molecule has 1 N–H and O–H groups in total. The van der Waals surface area contributed by atoms with Gasteiger partial charge in [0.2, 0.25) is 5.60 Å². The van der Waals surface area contributed by atoms with Crippen molar-refractivity contribution >= 4 is 17.6 Å². The van der Waals surface area contributed by atoms with Crippen molar-refractivity contribution in [2.75, 3.05) is 11.9 Å². The highest BCUT2D eigenvalue weighted by molar-refractivity contribution is 6.03. The lowest BCUT2D eigenvalue weighted by molar-refractivity contribution is -0.289. The Hall–Kier alpha value is -4.27. The number of halogens is 6. The predicted octanol–water partition coefficient (Wildman–Crippen LogP) is 9.05. The van der Waals surface area contributed by atoms with Gasteiger partial charge >= 0.3 is 18.4 Å². The number of aromatic nitrogens is 3. The number of ketones is 1. The first kappa shape index (κ1) is 36.6. The van der Waals surface area contributed by atoms with Crippen LogP contribution in [0.3, 0.4) is 0 Å². The Balaban J connectivity index is 1.89. The Morgan fingerprint density at radius 3 is 2.31 bits per heavy atom. The molecule has 1 amide bonds. The lowest BCUT2D eigenvalue weighted by Crippen LogP contribution is -2.45. The molecular weight excluding hydrogens is 646 g/mol. The molecule has 2 aliphatic rings. The number of carbonyl (C=O) groups is 2. The molecule has 9 nitrogen and oxygen atoms in total. The fraction of sp³-hybridized carbons (Fsp3) is 0.485. The molecule has 0 radical (unpaired) electrons. The zero-order valence-corrected chi connectivity index (χ0v) is 26.7. The van der Waals surface area contributed by atoms with Crippen molar-refractivity contribution in [1.29, 1.82) is 0 Å². The van der Waals surface area contributed by atoms with Gasteiger partial charge in [-0.25, -0.2) is 9.78 Å². The number of ether oxygens (including phenoxy) is 2. The zero-order valence-electron chi connectivity index (χ0n) is 26.7. The summed E-state index contributed by atoms with van der Waals surface area (Å²) < 4.78 is 104. The van der Waals surface area contributed by atoms with E-state index in [1.165, 1.54) is 26.8 Å². The number of pyridine rings is 1. The summed E-state index contributed by atoms with van der Waals surface area (Å²) in [5.74, 6) is -2.82. The molecule has 1 saturated carbocycles. The van der Waals surface area contributed by atoms with Crippen LogP contribution in [-0.4, -0.2) is 45.4 Å². The predicted molar refractivity (Wildman–Crippen MR) is 163 cm³/mol. The second kappa shape index (κ2) is 13.7. The van der Waals surface area contributed by atoms with E-state index in [1.807, 2.05) is 0 Å². The molecular formula is C33H36F6N4O5. The lowest BCUT2D eigenvalue weighted by Gasteiger charge is -2.32. The van der Waals surface area contributed by atoms with E-state index in [0.717, 1.165) is 6.08 Å². The number of nitrogens with zero attached hydrogens (tertiary/aromatic N) is 3. The van der Waals surface area contributed by atoms with Gasteiger partial charge in [0.1, 0.15) is 11.3 Å². The van der Waals surface area contributed by atoms with Crippen LogP contribution in [0.25, 0.3) is 11.6 Å². The highest BCUT2D eigenvalue weighted by Gasteiger charge is 2.61. The van der Waals surface area contributed by atoms with Crippen molar-refractivity contribution < 1.29 is 49.8 Å². The monoisotopic (exact) mass is 682 g/mol. The number of nitrogens with one attached hydrogen (secondary N) is 1. The van der Waals surface area contributed by atoms with E-state index < -0.39 is 88.3 Å². The minimum Gasteiger partial charge on any atom is -0.444 e. The maximum absolute atomic E-state index is 14.8. The number of carbonyl (C=O) groups excluding carboxylic acids is 2. The SMILES string of the molecule is C=CCCC1(C(=O)c2nc(-c3nnc(C(CC=C)(OCC4=CCCC=C4)C(F)(F)F)o3)c(NC(=O)OC(C)(C)C)cc2C(F)(F)F)CC1. The van der Waals surface area contributed by atoms with Crippen LogP contribution in [0.1, 0.15) is 87.7 Å². The summed E-state index contributed by atoms with van der Waals surface area (Å²) in [6.45, 7) is 11.0. The van der Waals surface area contributed by atoms with Gasteiger partial charge in [0, 0.05) is 11.8 Å². The number of Topliss-reactive ketones (excluding diaryl/α,β-unsaturated/α-hetero) is 1. The van der Waals surface area contributed by atoms with E-state index in [2.05, 4.69) is 33.7 Å². The van der Waals surface area contributed by atoms with Crippen molar-refractivity contribution in [3.63, 3.8) is 0 Å². The fourth-order valence-corrected chi connectivity index (χ4v) is 5.14. The molecule has 0 bridgehead atoms. The molecule has 1 atom stereocenters.